The van der Waals surface area contributed by atoms with E-state index in [1.807, 2.05) is 19.1 Å². The van der Waals surface area contributed by atoms with Crippen molar-refractivity contribution in [2.24, 2.45) is 0 Å². The zero-order valence-corrected chi connectivity index (χ0v) is 16.8. The van der Waals surface area contributed by atoms with Crippen LogP contribution in [0.2, 0.25) is 0 Å². The van der Waals surface area contributed by atoms with E-state index in [0.717, 1.165) is 34.7 Å². The highest BCUT2D eigenvalue weighted by Gasteiger charge is 2.17. The van der Waals surface area contributed by atoms with Gasteiger partial charge in [0, 0.05) is 35.8 Å². The Balaban J connectivity index is 1.30. The monoisotopic (exact) mass is 410 g/mol. The zero-order chi connectivity index (χ0) is 20.3. The highest BCUT2D eigenvalue weighted by Crippen LogP contribution is 2.18. The number of hydrogen-bond donors (Lipinski definition) is 2. The van der Waals surface area contributed by atoms with Crippen LogP contribution in [0.4, 0.5) is 0 Å². The van der Waals surface area contributed by atoms with Crippen LogP contribution in [-0.2, 0) is 16.4 Å². The molecular weight excluding hydrogens is 388 g/mol. The third kappa shape index (κ3) is 4.61. The molecule has 0 spiro atoms. The molecule has 4 aromatic rings. The summed E-state index contributed by atoms with van der Waals surface area (Å²) in [5.41, 5.74) is 1.95. The molecule has 0 bridgehead atoms. The Labute approximate surface area is 169 Å². The Morgan fingerprint density at radius 1 is 1.03 bits per heavy atom. The number of benzene rings is 2. The number of rotatable bonds is 8. The third-order valence-electron chi connectivity index (χ3n) is 4.74. The summed E-state index contributed by atoms with van der Waals surface area (Å²) < 4.78 is 33.2. The number of nitrogens with one attached hydrogen (secondary N) is 2. The third-order valence-corrected chi connectivity index (χ3v) is 6.32. The molecular formula is C21H22N4O3S. The molecule has 29 heavy (non-hydrogen) atoms. The van der Waals surface area contributed by atoms with Gasteiger partial charge in [0.25, 0.3) is 0 Å². The van der Waals surface area contributed by atoms with Gasteiger partial charge in [-0.2, -0.15) is 0 Å². The maximum atomic E-state index is 12.7. The van der Waals surface area contributed by atoms with Gasteiger partial charge >= 0.3 is 0 Å². The summed E-state index contributed by atoms with van der Waals surface area (Å²) in [6, 6.07) is 12.6. The van der Waals surface area contributed by atoms with Crippen molar-refractivity contribution in [3.8, 4) is 0 Å². The van der Waals surface area contributed by atoms with E-state index < -0.39 is 10.0 Å². The highest BCUT2D eigenvalue weighted by atomic mass is 32.2. The second kappa shape index (κ2) is 8.28. The van der Waals surface area contributed by atoms with Crippen molar-refractivity contribution < 1.29 is 12.9 Å². The van der Waals surface area contributed by atoms with Gasteiger partial charge in [-0.25, -0.2) is 13.1 Å². The Bertz CT molecular complexity index is 1240. The average molecular weight is 410 g/mol. The van der Waals surface area contributed by atoms with Crippen LogP contribution in [0, 0.1) is 0 Å². The van der Waals surface area contributed by atoms with E-state index in [2.05, 4.69) is 26.2 Å². The molecule has 2 heterocycles. The zero-order valence-electron chi connectivity index (χ0n) is 16.0. The fraction of sp³-hybridized carbons (Fsp3) is 0.238. The Morgan fingerprint density at radius 2 is 1.93 bits per heavy atom. The number of pyridine rings is 1. The molecule has 0 amide bonds. The van der Waals surface area contributed by atoms with Gasteiger partial charge in [-0.15, -0.1) is 0 Å². The van der Waals surface area contributed by atoms with E-state index in [1.54, 1.807) is 42.9 Å². The van der Waals surface area contributed by atoms with Crippen LogP contribution in [0.25, 0.3) is 21.7 Å². The van der Waals surface area contributed by atoms with E-state index in [4.69, 9.17) is 4.52 Å². The van der Waals surface area contributed by atoms with Gasteiger partial charge in [0.05, 0.1) is 11.1 Å². The van der Waals surface area contributed by atoms with Gasteiger partial charge in [0.1, 0.15) is 0 Å². The molecule has 0 saturated heterocycles. The second-order valence-corrected chi connectivity index (χ2v) is 8.77. The minimum absolute atomic E-state index is 0.242. The van der Waals surface area contributed by atoms with Crippen LogP contribution >= 0.6 is 0 Å². The first-order chi connectivity index (χ1) is 14.0. The minimum Gasteiger partial charge on any atom is -0.356 e. The first kappa shape index (κ1) is 19.5. The molecule has 8 heteroatoms. The lowest BCUT2D eigenvalue weighted by Crippen LogP contribution is -2.40. The van der Waals surface area contributed by atoms with Gasteiger partial charge in [-0.05, 0) is 61.2 Å². The molecule has 2 aromatic heterocycles. The summed E-state index contributed by atoms with van der Waals surface area (Å²) in [4.78, 5) is 4.30. The highest BCUT2D eigenvalue weighted by molar-refractivity contribution is 7.89. The predicted octanol–water partition coefficient (Wildman–Crippen LogP) is 2.88. The minimum atomic E-state index is -3.59. The number of aromatic nitrogens is 2. The number of hydrogen-bond acceptors (Lipinski definition) is 6. The molecule has 0 aliphatic rings. The average Bonchev–Trinajstić information content (AvgIpc) is 3.18. The fourth-order valence-electron chi connectivity index (χ4n) is 3.23. The van der Waals surface area contributed by atoms with E-state index in [0.29, 0.717) is 6.54 Å². The van der Waals surface area contributed by atoms with Gasteiger partial charge in [-0.1, -0.05) is 17.3 Å². The topological polar surface area (TPSA) is 97.1 Å². The second-order valence-electron chi connectivity index (χ2n) is 7.06. The quantitative estimate of drug-likeness (QED) is 0.434. The summed E-state index contributed by atoms with van der Waals surface area (Å²) in [5.74, 6) is 0. The van der Waals surface area contributed by atoms with Gasteiger partial charge in [0.15, 0.2) is 5.58 Å². The SMILES string of the molecule is C[C@H](CNCCc1ccc2oncc2c1)NS(=O)(=O)c1ccc2cnccc2c1. The van der Waals surface area contributed by atoms with Crippen LogP contribution in [-0.4, -0.2) is 37.7 Å². The van der Waals surface area contributed by atoms with E-state index in [-0.39, 0.29) is 10.9 Å². The van der Waals surface area contributed by atoms with Crippen molar-refractivity contribution in [3.05, 3.63) is 66.6 Å². The van der Waals surface area contributed by atoms with Crippen LogP contribution in [0.1, 0.15) is 12.5 Å². The molecule has 0 saturated carbocycles. The normalized spacial score (nSPS) is 13.1. The first-order valence-electron chi connectivity index (χ1n) is 9.41. The summed E-state index contributed by atoms with van der Waals surface area (Å²) in [5, 5.41) is 9.82. The van der Waals surface area contributed by atoms with Crippen LogP contribution < -0.4 is 10.0 Å². The number of fused-ring (bicyclic) bond motifs is 2. The number of sulfonamides is 1. The van der Waals surface area contributed by atoms with Crippen LogP contribution in [0.15, 0.2) is 70.5 Å². The lowest BCUT2D eigenvalue weighted by Gasteiger charge is -2.15. The molecule has 0 aliphatic carbocycles. The smallest absolute Gasteiger partial charge is 0.240 e. The molecule has 4 rings (SSSR count). The largest absolute Gasteiger partial charge is 0.356 e. The Morgan fingerprint density at radius 3 is 2.83 bits per heavy atom. The summed E-state index contributed by atoms with van der Waals surface area (Å²) >= 11 is 0. The molecule has 150 valence electrons. The van der Waals surface area contributed by atoms with Crippen molar-refractivity contribution in [2.45, 2.75) is 24.3 Å². The van der Waals surface area contributed by atoms with Gasteiger partial charge < -0.3 is 9.84 Å². The molecule has 7 nitrogen and oxygen atoms in total. The standard InChI is InChI=1S/C21H22N4O3S/c1-15(12-22-8-6-16-2-5-21-19(10-16)14-24-28-21)25-29(26,27)20-4-3-18-13-23-9-7-17(18)11-20/h2-5,7,9-11,13-15,22,25H,6,8,12H2,1H3/t15-/m1/s1. The lowest BCUT2D eigenvalue weighted by atomic mass is 10.1. The van der Waals surface area contributed by atoms with Crippen molar-refractivity contribution in [1.29, 1.82) is 0 Å². The molecule has 0 aliphatic heterocycles. The van der Waals surface area contributed by atoms with E-state index in [9.17, 15) is 8.42 Å². The first-order valence-corrected chi connectivity index (χ1v) is 10.9. The molecule has 0 unspecified atom stereocenters. The summed E-state index contributed by atoms with van der Waals surface area (Å²) in [6.07, 6.45) is 5.90. The summed E-state index contributed by atoms with van der Waals surface area (Å²) in [7, 11) is -3.59. The maximum absolute atomic E-state index is 12.7. The van der Waals surface area contributed by atoms with Crippen LogP contribution in [0.5, 0.6) is 0 Å². The predicted molar refractivity (Wildman–Crippen MR) is 112 cm³/mol. The van der Waals surface area contributed by atoms with E-state index in [1.165, 1.54) is 5.56 Å². The number of nitrogens with zero attached hydrogens (tertiary/aromatic N) is 2. The molecule has 0 fully saturated rings. The maximum Gasteiger partial charge on any atom is 0.240 e. The lowest BCUT2D eigenvalue weighted by molar-refractivity contribution is 0.456. The van der Waals surface area contributed by atoms with Crippen molar-refractivity contribution >= 4 is 31.8 Å². The fourth-order valence-corrected chi connectivity index (χ4v) is 4.51. The van der Waals surface area contributed by atoms with E-state index >= 15 is 0 Å². The molecule has 2 aromatic carbocycles. The molecule has 2 N–H and O–H groups in total. The Kier molecular flexibility index (Phi) is 5.57. The van der Waals surface area contributed by atoms with Crippen LogP contribution in [0.3, 0.4) is 0 Å². The summed E-state index contributed by atoms with van der Waals surface area (Å²) in [6.45, 7) is 3.12. The van der Waals surface area contributed by atoms with Crippen molar-refractivity contribution in [2.75, 3.05) is 13.1 Å². The van der Waals surface area contributed by atoms with Crippen molar-refractivity contribution in [1.82, 2.24) is 20.2 Å². The van der Waals surface area contributed by atoms with Gasteiger partial charge in [-0.3, -0.25) is 4.98 Å². The molecule has 1 atom stereocenters. The Hall–Kier alpha value is -2.81. The van der Waals surface area contributed by atoms with Gasteiger partial charge in [0.2, 0.25) is 10.0 Å². The van der Waals surface area contributed by atoms with Crippen molar-refractivity contribution in [3.63, 3.8) is 0 Å². The molecule has 0 radical (unpaired) electrons.